The Balaban J connectivity index is 1.47. The van der Waals surface area contributed by atoms with Gasteiger partial charge in [0.1, 0.15) is 64.0 Å². The SMILES string of the molecule is O=c1cc(-c2ccc(O)cc2)oc2cc(O[C@H]3O[C@@H](CO)[C@@H](O)[C@@H](O)[C@H]3O[C@H]3OC[C@@](O)(CO)[C@H]3O)cc(O)c12. The van der Waals surface area contributed by atoms with Crippen LogP contribution in [-0.2, 0) is 14.2 Å². The lowest BCUT2D eigenvalue weighted by atomic mass is 9.98. The summed E-state index contributed by atoms with van der Waals surface area (Å²) in [7, 11) is 0. The predicted octanol–water partition coefficient (Wildman–Crippen LogP) is -1.49. The summed E-state index contributed by atoms with van der Waals surface area (Å²) in [6, 6.07) is 9.37. The lowest BCUT2D eigenvalue weighted by molar-refractivity contribution is -0.318. The van der Waals surface area contributed by atoms with Crippen LogP contribution in [0.2, 0.25) is 0 Å². The Morgan fingerprint density at radius 3 is 2.35 bits per heavy atom. The molecule has 0 bridgehead atoms. The van der Waals surface area contributed by atoms with Gasteiger partial charge < -0.3 is 64.2 Å². The van der Waals surface area contributed by atoms with Crippen molar-refractivity contribution in [3.05, 3.63) is 52.7 Å². The van der Waals surface area contributed by atoms with E-state index < -0.39 is 79.7 Å². The number of aromatic hydroxyl groups is 2. The van der Waals surface area contributed by atoms with Crippen molar-refractivity contribution >= 4 is 11.0 Å². The Kier molecular flexibility index (Phi) is 7.71. The van der Waals surface area contributed by atoms with Gasteiger partial charge in [0.05, 0.1) is 19.8 Å². The van der Waals surface area contributed by atoms with Crippen molar-refractivity contribution in [2.45, 2.75) is 48.7 Å². The van der Waals surface area contributed by atoms with Gasteiger partial charge in [0.2, 0.25) is 6.29 Å². The normalized spacial score (nSPS) is 32.4. The summed E-state index contributed by atoms with van der Waals surface area (Å²) in [5.41, 5.74) is -2.22. The molecular weight excluding hydrogens is 536 g/mol. The molecule has 2 aliphatic heterocycles. The number of hydrogen-bond acceptors (Lipinski definition) is 14. The van der Waals surface area contributed by atoms with Gasteiger partial charge >= 0.3 is 0 Å². The summed E-state index contributed by atoms with van der Waals surface area (Å²) in [5.74, 6) is -0.496. The molecule has 14 nitrogen and oxygen atoms in total. The van der Waals surface area contributed by atoms with E-state index >= 15 is 0 Å². The van der Waals surface area contributed by atoms with E-state index in [-0.39, 0.29) is 28.2 Å². The van der Waals surface area contributed by atoms with Crippen LogP contribution < -0.4 is 10.2 Å². The van der Waals surface area contributed by atoms with Crippen molar-refractivity contribution < 1.29 is 64.2 Å². The van der Waals surface area contributed by atoms with Gasteiger partial charge in [-0.05, 0) is 24.3 Å². The Bertz CT molecular complexity index is 1410. The number of aliphatic hydroxyl groups is 6. The zero-order valence-corrected chi connectivity index (χ0v) is 20.7. The van der Waals surface area contributed by atoms with Crippen molar-refractivity contribution in [2.75, 3.05) is 19.8 Å². The first-order chi connectivity index (χ1) is 19.0. The number of rotatable bonds is 7. The van der Waals surface area contributed by atoms with Crippen molar-refractivity contribution in [3.63, 3.8) is 0 Å². The van der Waals surface area contributed by atoms with Crippen molar-refractivity contribution in [1.29, 1.82) is 0 Å². The average molecular weight is 564 g/mol. The summed E-state index contributed by atoms with van der Waals surface area (Å²) in [6.45, 7) is -2.06. The van der Waals surface area contributed by atoms with E-state index in [4.69, 9.17) is 23.4 Å². The number of aliphatic hydroxyl groups excluding tert-OH is 5. The van der Waals surface area contributed by atoms with Crippen LogP contribution in [0.4, 0.5) is 0 Å². The van der Waals surface area contributed by atoms with Gasteiger partial charge in [-0.1, -0.05) is 0 Å². The summed E-state index contributed by atoms with van der Waals surface area (Å²) in [6.07, 6.45) is -11.2. The van der Waals surface area contributed by atoms with Gasteiger partial charge in [0.25, 0.3) is 0 Å². The van der Waals surface area contributed by atoms with E-state index in [9.17, 15) is 45.6 Å². The van der Waals surface area contributed by atoms with E-state index in [1.54, 1.807) is 0 Å². The second-order valence-electron chi connectivity index (χ2n) is 9.65. The number of benzene rings is 2. The minimum absolute atomic E-state index is 0.00882. The van der Waals surface area contributed by atoms with Crippen LogP contribution in [0, 0.1) is 0 Å². The monoisotopic (exact) mass is 564 g/mol. The third-order valence-electron chi connectivity index (χ3n) is 6.88. The second-order valence-corrected chi connectivity index (χ2v) is 9.65. The van der Waals surface area contributed by atoms with Gasteiger partial charge in [-0.2, -0.15) is 0 Å². The van der Waals surface area contributed by atoms with Crippen LogP contribution in [0.1, 0.15) is 0 Å². The van der Waals surface area contributed by atoms with Gasteiger partial charge in [-0.3, -0.25) is 4.79 Å². The number of hydrogen-bond donors (Lipinski definition) is 8. The molecule has 0 radical (unpaired) electrons. The van der Waals surface area contributed by atoms with Gasteiger partial charge in [0, 0.05) is 23.8 Å². The number of ether oxygens (including phenoxy) is 4. The first-order valence-corrected chi connectivity index (χ1v) is 12.2. The van der Waals surface area contributed by atoms with Gasteiger partial charge in [-0.15, -0.1) is 0 Å². The molecule has 3 aromatic rings. The standard InChI is InChI=1S/C26H28O14/c27-8-18-20(32)21(33)22(40-25-23(34)26(35,9-28)10-36-25)24(39-18)37-13-5-14(30)19-15(31)7-16(38-17(19)6-13)11-1-3-12(29)4-2-11/h1-7,18,20-25,27-30,32-35H,8-10H2/t18-,20+,21+,22+,23-,24-,25+,26-/m0/s1. The highest BCUT2D eigenvalue weighted by Crippen LogP contribution is 2.35. The van der Waals surface area contributed by atoms with Gasteiger partial charge in [0.15, 0.2) is 17.8 Å². The molecule has 8 atom stereocenters. The maximum Gasteiger partial charge on any atom is 0.229 e. The van der Waals surface area contributed by atoms with E-state index in [1.165, 1.54) is 36.4 Å². The highest BCUT2D eigenvalue weighted by Gasteiger charge is 2.53. The molecule has 216 valence electrons. The molecule has 0 saturated carbocycles. The van der Waals surface area contributed by atoms with Crippen LogP contribution >= 0.6 is 0 Å². The molecule has 0 spiro atoms. The Labute approximate surface area is 225 Å². The maximum atomic E-state index is 12.8. The van der Waals surface area contributed by atoms with Crippen LogP contribution in [0.3, 0.4) is 0 Å². The Hall–Kier alpha value is -3.31. The molecule has 0 aliphatic carbocycles. The van der Waals surface area contributed by atoms with Crippen molar-refractivity contribution in [2.24, 2.45) is 0 Å². The molecule has 2 aliphatic rings. The molecule has 8 N–H and O–H groups in total. The van der Waals surface area contributed by atoms with E-state index in [2.05, 4.69) is 0 Å². The Morgan fingerprint density at radius 2 is 1.70 bits per heavy atom. The summed E-state index contributed by atoms with van der Waals surface area (Å²) in [4.78, 5) is 12.8. The van der Waals surface area contributed by atoms with E-state index in [0.29, 0.717) is 5.56 Å². The summed E-state index contributed by atoms with van der Waals surface area (Å²) >= 11 is 0. The van der Waals surface area contributed by atoms with E-state index in [0.717, 1.165) is 6.07 Å². The highest BCUT2D eigenvalue weighted by molar-refractivity contribution is 5.86. The van der Waals surface area contributed by atoms with Crippen LogP contribution in [0.5, 0.6) is 17.2 Å². The molecule has 1 aromatic heterocycles. The maximum absolute atomic E-state index is 12.8. The molecule has 14 heteroatoms. The zero-order valence-electron chi connectivity index (χ0n) is 20.7. The topological polar surface area (TPSA) is 229 Å². The molecular formula is C26H28O14. The quantitative estimate of drug-likeness (QED) is 0.164. The van der Waals surface area contributed by atoms with Gasteiger partial charge in [-0.25, -0.2) is 0 Å². The average Bonchev–Trinajstić information content (AvgIpc) is 3.21. The number of fused-ring (bicyclic) bond motifs is 1. The summed E-state index contributed by atoms with van der Waals surface area (Å²) in [5, 5.41) is 80.7. The second kappa shape index (κ2) is 10.9. The third-order valence-corrected chi connectivity index (χ3v) is 6.88. The van der Waals surface area contributed by atoms with Crippen molar-refractivity contribution in [3.8, 4) is 28.6 Å². The fourth-order valence-electron chi connectivity index (χ4n) is 4.57. The lowest BCUT2D eigenvalue weighted by Crippen LogP contribution is -2.62. The molecule has 3 heterocycles. The van der Waals surface area contributed by atoms with E-state index in [1.807, 2.05) is 0 Å². The van der Waals surface area contributed by atoms with Crippen LogP contribution in [-0.4, -0.2) is 109 Å². The minimum atomic E-state index is -2.04. The molecule has 2 fully saturated rings. The van der Waals surface area contributed by atoms with Crippen molar-refractivity contribution in [1.82, 2.24) is 0 Å². The van der Waals surface area contributed by atoms with Crippen LogP contribution in [0.15, 0.2) is 51.7 Å². The molecule has 5 rings (SSSR count). The predicted molar refractivity (Wildman–Crippen MR) is 132 cm³/mol. The number of phenolic OH excluding ortho intramolecular Hbond substituents is 2. The lowest BCUT2D eigenvalue weighted by Gasteiger charge is -2.42. The first kappa shape index (κ1) is 28.2. The third kappa shape index (κ3) is 5.12. The fraction of sp³-hybridized carbons (Fsp3) is 0.423. The smallest absolute Gasteiger partial charge is 0.229 e. The number of phenols is 2. The van der Waals surface area contributed by atoms with Crippen LogP contribution in [0.25, 0.3) is 22.3 Å². The summed E-state index contributed by atoms with van der Waals surface area (Å²) < 4.78 is 28.0. The molecule has 2 saturated heterocycles. The molecule has 0 amide bonds. The highest BCUT2D eigenvalue weighted by atomic mass is 16.8. The first-order valence-electron chi connectivity index (χ1n) is 12.2. The largest absolute Gasteiger partial charge is 0.508 e. The molecule has 0 unspecified atom stereocenters. The minimum Gasteiger partial charge on any atom is -0.508 e. The molecule has 40 heavy (non-hydrogen) atoms. The Morgan fingerprint density at radius 1 is 0.975 bits per heavy atom. The fourth-order valence-corrected chi connectivity index (χ4v) is 4.57. The molecule has 2 aromatic carbocycles. The zero-order chi connectivity index (χ0) is 28.8.